The molecule has 0 saturated heterocycles. The summed E-state index contributed by atoms with van der Waals surface area (Å²) < 4.78 is 1.76. The molecule has 0 saturated carbocycles. The van der Waals surface area contributed by atoms with Gasteiger partial charge in [-0.2, -0.15) is 5.10 Å². The van der Waals surface area contributed by atoms with E-state index in [2.05, 4.69) is 15.1 Å². The number of rotatable bonds is 2. The van der Waals surface area contributed by atoms with Crippen LogP contribution in [0.4, 0.5) is 0 Å². The summed E-state index contributed by atoms with van der Waals surface area (Å²) >= 11 is 0. The Kier molecular flexibility index (Phi) is 2.22. The number of fused-ring (bicyclic) bond motifs is 1. The van der Waals surface area contributed by atoms with Gasteiger partial charge in [0.25, 0.3) is 0 Å². The molecule has 0 unspecified atom stereocenters. The first-order valence-electron chi connectivity index (χ1n) is 5.28. The molecule has 0 amide bonds. The largest absolute Gasteiger partial charge is 0.346 e. The molecule has 5 nitrogen and oxygen atoms in total. The first kappa shape index (κ1) is 9.77. The lowest BCUT2D eigenvalue weighted by Crippen LogP contribution is -2.11. The second-order valence-corrected chi connectivity index (χ2v) is 3.78. The average molecular weight is 226 g/mol. The number of aromatic amines is 1. The fourth-order valence-corrected chi connectivity index (χ4v) is 1.77. The molecule has 0 spiro atoms. The van der Waals surface area contributed by atoms with E-state index in [1.807, 2.05) is 30.3 Å². The molecule has 3 aromatic rings. The van der Waals surface area contributed by atoms with Gasteiger partial charge in [-0.25, -0.2) is 14.5 Å². The first-order chi connectivity index (χ1) is 8.33. The van der Waals surface area contributed by atoms with Gasteiger partial charge in [-0.15, -0.1) is 0 Å². The lowest BCUT2D eigenvalue weighted by atomic mass is 10.2. The monoisotopic (exact) mass is 226 g/mol. The van der Waals surface area contributed by atoms with Crippen LogP contribution >= 0.6 is 0 Å². The number of H-pyrrole nitrogens is 1. The Bertz CT molecular complexity index is 699. The molecule has 84 valence electrons. The van der Waals surface area contributed by atoms with Crippen molar-refractivity contribution >= 4 is 11.0 Å². The number of nitrogens with one attached hydrogen (secondary N) is 1. The lowest BCUT2D eigenvalue weighted by Gasteiger charge is -2.02. The summed E-state index contributed by atoms with van der Waals surface area (Å²) in [6.45, 7) is 0.629. The number of aromatic nitrogens is 4. The summed E-state index contributed by atoms with van der Waals surface area (Å²) in [5.74, 6) is 0. The number of nitrogens with zero attached hydrogens (tertiary/aromatic N) is 3. The minimum absolute atomic E-state index is 0.354. The molecule has 0 aliphatic carbocycles. The Hall–Kier alpha value is -2.43. The van der Waals surface area contributed by atoms with Gasteiger partial charge in [-0.3, -0.25) is 4.98 Å². The predicted octanol–water partition coefficient (Wildman–Crippen LogP) is 1.17. The minimum Gasteiger partial charge on any atom is -0.290 e. The maximum Gasteiger partial charge on any atom is 0.346 e. The molecule has 2 heterocycles. The van der Waals surface area contributed by atoms with E-state index in [1.54, 1.807) is 10.9 Å². The third-order valence-electron chi connectivity index (χ3n) is 2.59. The topological polar surface area (TPSA) is 63.6 Å². The van der Waals surface area contributed by atoms with Gasteiger partial charge in [0.2, 0.25) is 0 Å². The zero-order chi connectivity index (χ0) is 11.7. The van der Waals surface area contributed by atoms with Gasteiger partial charge in [-0.1, -0.05) is 30.3 Å². The fraction of sp³-hybridized carbons (Fsp3) is 0.0833. The zero-order valence-electron chi connectivity index (χ0n) is 9.00. The quantitative estimate of drug-likeness (QED) is 0.713. The molecule has 0 radical (unpaired) electrons. The average Bonchev–Trinajstić information content (AvgIpc) is 2.73. The van der Waals surface area contributed by atoms with Crippen LogP contribution < -0.4 is 5.69 Å². The van der Waals surface area contributed by atoms with E-state index in [0.29, 0.717) is 12.2 Å². The maximum absolute atomic E-state index is 11.2. The summed E-state index contributed by atoms with van der Waals surface area (Å²) in [6, 6.07) is 9.97. The summed E-state index contributed by atoms with van der Waals surface area (Å²) in [4.78, 5) is 17.5. The molecule has 2 aromatic heterocycles. The Morgan fingerprint density at radius 2 is 2.00 bits per heavy atom. The SMILES string of the molecule is O=c1ncc2cnn(Cc3ccccc3)c2[nH]1. The van der Waals surface area contributed by atoms with Crippen molar-refractivity contribution in [2.45, 2.75) is 6.54 Å². The van der Waals surface area contributed by atoms with E-state index in [1.165, 1.54) is 6.20 Å². The summed E-state index contributed by atoms with van der Waals surface area (Å²) in [6.07, 6.45) is 3.23. The second-order valence-electron chi connectivity index (χ2n) is 3.78. The molecule has 0 aliphatic rings. The van der Waals surface area contributed by atoms with Crippen molar-refractivity contribution in [1.82, 2.24) is 19.7 Å². The van der Waals surface area contributed by atoms with Crippen LogP contribution in [0.2, 0.25) is 0 Å². The van der Waals surface area contributed by atoms with Crippen LogP contribution in [0.3, 0.4) is 0 Å². The Labute approximate surface area is 96.7 Å². The molecule has 0 aliphatic heterocycles. The highest BCUT2D eigenvalue weighted by Gasteiger charge is 2.04. The highest BCUT2D eigenvalue weighted by atomic mass is 16.1. The lowest BCUT2D eigenvalue weighted by molar-refractivity contribution is 0.702. The van der Waals surface area contributed by atoms with E-state index < -0.39 is 0 Å². The highest BCUT2D eigenvalue weighted by molar-refractivity contribution is 5.72. The number of benzene rings is 1. The Morgan fingerprint density at radius 1 is 1.18 bits per heavy atom. The van der Waals surface area contributed by atoms with Crippen molar-refractivity contribution < 1.29 is 0 Å². The molecule has 1 N–H and O–H groups in total. The first-order valence-corrected chi connectivity index (χ1v) is 5.28. The van der Waals surface area contributed by atoms with E-state index in [-0.39, 0.29) is 5.69 Å². The van der Waals surface area contributed by atoms with Crippen molar-refractivity contribution in [2.75, 3.05) is 0 Å². The van der Waals surface area contributed by atoms with Gasteiger partial charge >= 0.3 is 5.69 Å². The van der Waals surface area contributed by atoms with E-state index in [4.69, 9.17) is 0 Å². The van der Waals surface area contributed by atoms with Crippen molar-refractivity contribution in [3.8, 4) is 0 Å². The molecular weight excluding hydrogens is 216 g/mol. The number of hydrogen-bond acceptors (Lipinski definition) is 3. The van der Waals surface area contributed by atoms with Gasteiger partial charge in [0.15, 0.2) is 0 Å². The Balaban J connectivity index is 2.06. The van der Waals surface area contributed by atoms with Gasteiger partial charge < -0.3 is 0 Å². The Morgan fingerprint density at radius 3 is 2.82 bits per heavy atom. The zero-order valence-corrected chi connectivity index (χ0v) is 9.00. The predicted molar refractivity (Wildman–Crippen MR) is 63.7 cm³/mol. The van der Waals surface area contributed by atoms with Gasteiger partial charge in [0, 0.05) is 6.20 Å². The van der Waals surface area contributed by atoms with E-state index in [0.717, 1.165) is 10.9 Å². The smallest absolute Gasteiger partial charge is 0.290 e. The van der Waals surface area contributed by atoms with Crippen molar-refractivity contribution in [1.29, 1.82) is 0 Å². The van der Waals surface area contributed by atoms with Crippen LogP contribution in [0.1, 0.15) is 5.56 Å². The summed E-state index contributed by atoms with van der Waals surface area (Å²) in [5, 5.41) is 5.07. The fourth-order valence-electron chi connectivity index (χ4n) is 1.77. The molecule has 0 fully saturated rings. The van der Waals surface area contributed by atoms with Gasteiger partial charge in [0.05, 0.1) is 18.1 Å². The maximum atomic E-state index is 11.2. The van der Waals surface area contributed by atoms with Crippen LogP contribution in [-0.4, -0.2) is 19.7 Å². The van der Waals surface area contributed by atoms with E-state index >= 15 is 0 Å². The molecular formula is C12H10N4O. The van der Waals surface area contributed by atoms with Crippen LogP contribution in [0.25, 0.3) is 11.0 Å². The third-order valence-corrected chi connectivity index (χ3v) is 2.59. The molecule has 0 atom stereocenters. The highest BCUT2D eigenvalue weighted by Crippen LogP contribution is 2.09. The van der Waals surface area contributed by atoms with Crippen molar-refractivity contribution in [2.24, 2.45) is 0 Å². The van der Waals surface area contributed by atoms with Crippen molar-refractivity contribution in [3.05, 3.63) is 58.8 Å². The van der Waals surface area contributed by atoms with Crippen LogP contribution in [0, 0.1) is 0 Å². The second kappa shape index (κ2) is 3.86. The minimum atomic E-state index is -0.354. The molecule has 3 rings (SSSR count). The standard InChI is InChI=1S/C12H10N4O/c17-12-13-6-10-7-14-16(11(10)15-12)8-9-4-2-1-3-5-9/h1-7H,8H2,(H,13,15,17). The molecule has 5 heteroatoms. The number of hydrogen-bond donors (Lipinski definition) is 1. The van der Waals surface area contributed by atoms with Crippen LogP contribution in [0.5, 0.6) is 0 Å². The van der Waals surface area contributed by atoms with Gasteiger partial charge in [-0.05, 0) is 5.56 Å². The van der Waals surface area contributed by atoms with Crippen molar-refractivity contribution in [3.63, 3.8) is 0 Å². The molecule has 1 aromatic carbocycles. The molecule has 0 bridgehead atoms. The van der Waals surface area contributed by atoms with Crippen LogP contribution in [0.15, 0.2) is 47.5 Å². The summed E-state index contributed by atoms with van der Waals surface area (Å²) in [5.41, 5.74) is 1.48. The normalized spacial score (nSPS) is 10.8. The van der Waals surface area contributed by atoms with Gasteiger partial charge in [0.1, 0.15) is 5.65 Å². The summed E-state index contributed by atoms with van der Waals surface area (Å²) in [7, 11) is 0. The van der Waals surface area contributed by atoms with E-state index in [9.17, 15) is 4.79 Å². The molecule has 17 heavy (non-hydrogen) atoms. The van der Waals surface area contributed by atoms with Crippen LogP contribution in [-0.2, 0) is 6.54 Å². The third kappa shape index (κ3) is 1.82.